The highest BCUT2D eigenvalue weighted by atomic mass is 35.5. The van der Waals surface area contributed by atoms with E-state index in [0.717, 1.165) is 24.4 Å². The van der Waals surface area contributed by atoms with Gasteiger partial charge in [-0.15, -0.1) is 0 Å². The van der Waals surface area contributed by atoms with Crippen LogP contribution in [-0.2, 0) is 4.29 Å². The number of halogens is 1. The van der Waals surface area contributed by atoms with Gasteiger partial charge in [0.05, 0.1) is 18.5 Å². The second kappa shape index (κ2) is 2.87. The third-order valence-corrected chi connectivity index (χ3v) is 4.63. The molecule has 0 aromatic heterocycles. The van der Waals surface area contributed by atoms with Gasteiger partial charge in [0.1, 0.15) is 0 Å². The van der Waals surface area contributed by atoms with Crippen molar-refractivity contribution in [3.8, 4) is 0 Å². The Labute approximate surface area is 85.0 Å². The zero-order chi connectivity index (χ0) is 8.89. The van der Waals surface area contributed by atoms with Crippen LogP contribution in [0.1, 0.15) is 38.5 Å². The Morgan fingerprint density at radius 2 is 1.46 bits per heavy atom. The van der Waals surface area contributed by atoms with E-state index in [2.05, 4.69) is 0 Å². The molecule has 0 spiro atoms. The van der Waals surface area contributed by atoms with Gasteiger partial charge in [-0.25, -0.2) is 0 Å². The van der Waals surface area contributed by atoms with Crippen LogP contribution in [-0.4, -0.2) is 6.61 Å². The molecular formula is C11H17ClO. The summed E-state index contributed by atoms with van der Waals surface area (Å²) in [6.45, 7) is 0.804. The van der Waals surface area contributed by atoms with Crippen molar-refractivity contribution in [1.82, 2.24) is 0 Å². The van der Waals surface area contributed by atoms with Gasteiger partial charge in [0.2, 0.25) is 0 Å². The van der Waals surface area contributed by atoms with E-state index in [1.165, 1.54) is 38.5 Å². The predicted octanol–water partition coefficient (Wildman–Crippen LogP) is 3.37. The molecule has 13 heavy (non-hydrogen) atoms. The van der Waals surface area contributed by atoms with Crippen molar-refractivity contribution in [2.75, 3.05) is 6.61 Å². The van der Waals surface area contributed by atoms with Crippen molar-refractivity contribution in [2.45, 2.75) is 38.5 Å². The van der Waals surface area contributed by atoms with Gasteiger partial charge in [-0.2, -0.15) is 0 Å². The molecule has 0 amide bonds. The van der Waals surface area contributed by atoms with Gasteiger partial charge in [-0.3, -0.25) is 4.29 Å². The third-order valence-electron chi connectivity index (χ3n) is 4.53. The molecule has 0 radical (unpaired) electrons. The van der Waals surface area contributed by atoms with E-state index in [9.17, 15) is 0 Å². The van der Waals surface area contributed by atoms with E-state index in [1.807, 2.05) is 0 Å². The zero-order valence-corrected chi connectivity index (χ0v) is 8.72. The highest BCUT2D eigenvalue weighted by Crippen LogP contribution is 2.60. The van der Waals surface area contributed by atoms with Crippen LogP contribution in [0.2, 0.25) is 0 Å². The summed E-state index contributed by atoms with van der Waals surface area (Å²) in [5.41, 5.74) is 0.497. The Morgan fingerprint density at radius 1 is 1.00 bits per heavy atom. The monoisotopic (exact) mass is 200 g/mol. The van der Waals surface area contributed by atoms with E-state index >= 15 is 0 Å². The predicted molar refractivity (Wildman–Crippen MR) is 52.4 cm³/mol. The molecule has 4 aliphatic carbocycles. The maximum absolute atomic E-state index is 5.44. The van der Waals surface area contributed by atoms with Crippen molar-refractivity contribution >= 4 is 11.9 Å². The fourth-order valence-electron chi connectivity index (χ4n) is 4.58. The van der Waals surface area contributed by atoms with Crippen LogP contribution in [0.15, 0.2) is 0 Å². The van der Waals surface area contributed by atoms with Crippen LogP contribution in [0, 0.1) is 23.2 Å². The summed E-state index contributed by atoms with van der Waals surface area (Å²) in [5, 5.41) is 0. The molecule has 0 aromatic carbocycles. The Kier molecular flexibility index (Phi) is 1.89. The van der Waals surface area contributed by atoms with E-state index in [0.29, 0.717) is 5.41 Å². The van der Waals surface area contributed by atoms with Gasteiger partial charge in [-0.1, -0.05) is 0 Å². The first kappa shape index (κ1) is 8.55. The summed E-state index contributed by atoms with van der Waals surface area (Å²) in [7, 11) is 0. The second-order valence-electron chi connectivity index (χ2n) is 5.67. The molecule has 2 heteroatoms. The SMILES string of the molecule is ClOCC12CC3CC(CC(C3)C1)C2. The highest BCUT2D eigenvalue weighted by Gasteiger charge is 2.50. The van der Waals surface area contributed by atoms with Crippen LogP contribution in [0.3, 0.4) is 0 Å². The third kappa shape index (κ3) is 1.32. The summed E-state index contributed by atoms with van der Waals surface area (Å²) in [6, 6.07) is 0. The van der Waals surface area contributed by atoms with Gasteiger partial charge < -0.3 is 0 Å². The highest BCUT2D eigenvalue weighted by molar-refractivity contribution is 6.07. The van der Waals surface area contributed by atoms with Crippen molar-refractivity contribution in [3.05, 3.63) is 0 Å². The van der Waals surface area contributed by atoms with Crippen LogP contribution in [0.4, 0.5) is 0 Å². The molecule has 0 unspecified atom stereocenters. The lowest BCUT2D eigenvalue weighted by molar-refractivity contribution is -0.0733. The Hall–Kier alpha value is 0.250. The minimum absolute atomic E-state index is 0.497. The number of hydrogen-bond donors (Lipinski definition) is 0. The molecule has 0 aromatic rings. The molecule has 4 bridgehead atoms. The second-order valence-corrected chi connectivity index (χ2v) is 5.89. The molecule has 4 aliphatic rings. The first-order valence-corrected chi connectivity index (χ1v) is 5.84. The van der Waals surface area contributed by atoms with Gasteiger partial charge in [0, 0.05) is 0 Å². The summed E-state index contributed by atoms with van der Waals surface area (Å²) in [4.78, 5) is 0. The topological polar surface area (TPSA) is 9.23 Å². The van der Waals surface area contributed by atoms with E-state index in [1.54, 1.807) is 0 Å². The first-order chi connectivity index (χ1) is 6.30. The Bertz CT molecular complexity index is 179. The average molecular weight is 201 g/mol. The smallest absolute Gasteiger partial charge is 0.0739 e. The van der Waals surface area contributed by atoms with Crippen molar-refractivity contribution in [3.63, 3.8) is 0 Å². The van der Waals surface area contributed by atoms with E-state index in [4.69, 9.17) is 16.2 Å². The molecule has 0 heterocycles. The fraction of sp³-hybridized carbons (Fsp3) is 1.00. The lowest BCUT2D eigenvalue weighted by Crippen LogP contribution is -2.47. The molecule has 74 valence electrons. The van der Waals surface area contributed by atoms with Crippen molar-refractivity contribution in [2.24, 2.45) is 23.2 Å². The van der Waals surface area contributed by atoms with E-state index in [-0.39, 0.29) is 0 Å². The summed E-state index contributed by atoms with van der Waals surface area (Å²) in [6.07, 6.45) is 8.69. The minimum atomic E-state index is 0.497. The van der Waals surface area contributed by atoms with Gasteiger partial charge >= 0.3 is 0 Å². The summed E-state index contributed by atoms with van der Waals surface area (Å²) in [5.74, 6) is 3.04. The average Bonchev–Trinajstić information content (AvgIpc) is 2.00. The van der Waals surface area contributed by atoms with Crippen molar-refractivity contribution < 1.29 is 4.29 Å². The quantitative estimate of drug-likeness (QED) is 0.664. The maximum Gasteiger partial charge on any atom is 0.0739 e. The van der Waals surface area contributed by atoms with Crippen molar-refractivity contribution in [1.29, 1.82) is 0 Å². The minimum Gasteiger partial charge on any atom is -0.279 e. The molecule has 1 nitrogen and oxygen atoms in total. The molecule has 4 fully saturated rings. The molecule has 4 saturated carbocycles. The largest absolute Gasteiger partial charge is 0.279 e. The normalized spacial score (nSPS) is 52.8. The Morgan fingerprint density at radius 3 is 1.85 bits per heavy atom. The molecule has 0 saturated heterocycles. The van der Waals surface area contributed by atoms with Crippen LogP contribution in [0.5, 0.6) is 0 Å². The van der Waals surface area contributed by atoms with E-state index < -0.39 is 0 Å². The lowest BCUT2D eigenvalue weighted by Gasteiger charge is -2.56. The van der Waals surface area contributed by atoms with Gasteiger partial charge in [0.25, 0.3) is 0 Å². The molecule has 0 aliphatic heterocycles. The lowest BCUT2D eigenvalue weighted by atomic mass is 9.50. The van der Waals surface area contributed by atoms with Crippen LogP contribution < -0.4 is 0 Å². The molecule has 0 N–H and O–H groups in total. The fourth-order valence-corrected chi connectivity index (χ4v) is 4.81. The summed E-state index contributed by atoms with van der Waals surface area (Å²) >= 11 is 5.44. The molecule has 4 rings (SSSR count). The zero-order valence-electron chi connectivity index (χ0n) is 7.97. The van der Waals surface area contributed by atoms with Gasteiger partial charge in [-0.05, 0) is 61.7 Å². The van der Waals surface area contributed by atoms with Gasteiger partial charge in [0.15, 0.2) is 0 Å². The van der Waals surface area contributed by atoms with Crippen LogP contribution >= 0.6 is 11.9 Å². The maximum atomic E-state index is 5.44. The Balaban J connectivity index is 1.83. The number of rotatable bonds is 2. The number of hydrogen-bond acceptors (Lipinski definition) is 1. The molecule has 0 atom stereocenters. The molecular weight excluding hydrogens is 184 g/mol. The summed E-state index contributed by atoms with van der Waals surface area (Å²) < 4.78 is 4.90. The first-order valence-electron chi connectivity index (χ1n) is 5.53. The standard InChI is InChI=1S/C11H17ClO/c12-13-7-11-4-8-1-9(5-11)3-10(2-8)6-11/h8-10H,1-7H2. The van der Waals surface area contributed by atoms with Crippen LogP contribution in [0.25, 0.3) is 0 Å².